The second-order valence-electron chi connectivity index (χ2n) is 10.4. The monoisotopic (exact) mass is 542 g/mol. The molecule has 0 spiro atoms. The van der Waals surface area contributed by atoms with Crippen LogP contribution < -0.4 is 5.73 Å². The number of piperidine rings is 1. The fraction of sp³-hybridized carbons (Fsp3) is 0.310. The van der Waals surface area contributed by atoms with Gasteiger partial charge in [0.15, 0.2) is 5.82 Å². The molecule has 0 unspecified atom stereocenters. The molecule has 0 bridgehead atoms. The Bertz CT molecular complexity index is 1650. The molecule has 3 aromatic heterocycles. The van der Waals surface area contributed by atoms with Crippen LogP contribution in [0.25, 0.3) is 27.5 Å². The van der Waals surface area contributed by atoms with E-state index >= 15 is 0 Å². The predicted octanol–water partition coefficient (Wildman–Crippen LogP) is 4.30. The minimum atomic E-state index is 0.131. The number of anilines is 1. The number of hydrogen-bond donors (Lipinski definition) is 1. The van der Waals surface area contributed by atoms with E-state index < -0.39 is 0 Å². The lowest BCUT2D eigenvalue weighted by Crippen LogP contribution is -2.40. The van der Waals surface area contributed by atoms with Gasteiger partial charge in [-0.1, -0.05) is 48.0 Å². The smallest absolute Gasteiger partial charge is 0.236 e. The van der Waals surface area contributed by atoms with Crippen molar-refractivity contribution in [1.82, 2.24) is 34.2 Å². The number of likely N-dealkylation sites (N-methyl/N-ethyl adjacent to an activating group) is 1. The summed E-state index contributed by atoms with van der Waals surface area (Å²) >= 11 is 6.72. The molecule has 5 aromatic rings. The highest BCUT2D eigenvalue weighted by molar-refractivity contribution is 6.34. The number of carbonyl (C=O) groups excluding carboxylic acids is 1. The van der Waals surface area contributed by atoms with Gasteiger partial charge in [-0.2, -0.15) is 10.2 Å². The van der Waals surface area contributed by atoms with Gasteiger partial charge in [-0.25, -0.2) is 14.2 Å². The largest absolute Gasteiger partial charge is 0.382 e. The van der Waals surface area contributed by atoms with E-state index in [4.69, 9.17) is 22.4 Å². The lowest BCUT2D eigenvalue weighted by Gasteiger charge is -2.31. The van der Waals surface area contributed by atoms with Crippen LogP contribution in [0.1, 0.15) is 30.0 Å². The number of benzene rings is 2. The zero-order chi connectivity index (χ0) is 27.1. The molecular weight excluding hydrogens is 512 g/mol. The number of nitrogen functional groups attached to an aromatic ring is 1. The van der Waals surface area contributed by atoms with Gasteiger partial charge in [-0.15, -0.1) is 0 Å². The molecule has 0 atom stereocenters. The van der Waals surface area contributed by atoms with Gasteiger partial charge in [0.05, 0.1) is 18.6 Å². The number of fused-ring (bicyclic) bond motifs is 2. The molecule has 0 saturated carbocycles. The molecule has 2 aromatic carbocycles. The standard InChI is InChI=1S/C29H31ClN8O/c1-35(2)26(39)17-36-12-10-20(11-13-36)25-15-23(27-29(31)32-18-33-38(25)27)21-8-9-22-24(14-21)34-37(28(22)30)16-19-6-4-3-5-7-19/h3-9,14-15,18,20H,10-13,16-17H2,1-2H3,(H2,31,32,33). The van der Waals surface area contributed by atoms with Crippen LogP contribution in [-0.2, 0) is 11.3 Å². The Morgan fingerprint density at radius 1 is 1.10 bits per heavy atom. The summed E-state index contributed by atoms with van der Waals surface area (Å²) in [7, 11) is 3.60. The minimum absolute atomic E-state index is 0.131. The summed E-state index contributed by atoms with van der Waals surface area (Å²) in [6, 6.07) is 18.5. The molecule has 10 heteroatoms. The Hall–Kier alpha value is -3.95. The van der Waals surface area contributed by atoms with Crippen LogP contribution >= 0.6 is 11.6 Å². The maximum atomic E-state index is 12.2. The van der Waals surface area contributed by atoms with E-state index in [2.05, 4.69) is 45.3 Å². The van der Waals surface area contributed by atoms with E-state index in [-0.39, 0.29) is 5.91 Å². The Balaban J connectivity index is 1.33. The van der Waals surface area contributed by atoms with Gasteiger partial charge in [0.2, 0.25) is 5.91 Å². The van der Waals surface area contributed by atoms with Gasteiger partial charge < -0.3 is 10.6 Å². The topological polar surface area (TPSA) is 97.6 Å². The molecule has 1 aliphatic rings. The van der Waals surface area contributed by atoms with Gasteiger partial charge >= 0.3 is 0 Å². The van der Waals surface area contributed by atoms with Crippen molar-refractivity contribution in [2.45, 2.75) is 25.3 Å². The zero-order valence-electron chi connectivity index (χ0n) is 22.1. The third-order valence-corrected chi connectivity index (χ3v) is 8.03. The van der Waals surface area contributed by atoms with Gasteiger partial charge in [0.1, 0.15) is 17.0 Å². The van der Waals surface area contributed by atoms with Crippen molar-refractivity contribution in [1.29, 1.82) is 0 Å². The van der Waals surface area contributed by atoms with Gasteiger partial charge in [-0.3, -0.25) is 9.69 Å². The van der Waals surface area contributed by atoms with E-state index in [1.54, 1.807) is 19.0 Å². The van der Waals surface area contributed by atoms with Crippen LogP contribution in [0.4, 0.5) is 5.82 Å². The number of halogens is 1. The molecule has 39 heavy (non-hydrogen) atoms. The maximum Gasteiger partial charge on any atom is 0.236 e. The number of aromatic nitrogens is 5. The molecule has 1 amide bonds. The highest BCUT2D eigenvalue weighted by Crippen LogP contribution is 2.38. The first kappa shape index (κ1) is 25.3. The molecule has 1 fully saturated rings. The molecule has 4 heterocycles. The molecule has 0 radical (unpaired) electrons. The van der Waals surface area contributed by atoms with Crippen LogP contribution in [0, 0.1) is 0 Å². The lowest BCUT2D eigenvalue weighted by atomic mass is 9.93. The van der Waals surface area contributed by atoms with Crippen LogP contribution in [-0.4, -0.2) is 73.8 Å². The summed E-state index contributed by atoms with van der Waals surface area (Å²) in [4.78, 5) is 20.3. The molecule has 0 aliphatic carbocycles. The van der Waals surface area contributed by atoms with Gasteiger partial charge in [0.25, 0.3) is 0 Å². The van der Waals surface area contributed by atoms with Crippen LogP contribution in [0.3, 0.4) is 0 Å². The summed E-state index contributed by atoms with van der Waals surface area (Å²) < 4.78 is 3.77. The molecule has 1 saturated heterocycles. The maximum absolute atomic E-state index is 12.2. The summed E-state index contributed by atoms with van der Waals surface area (Å²) in [5.74, 6) is 0.869. The Morgan fingerprint density at radius 3 is 2.62 bits per heavy atom. The quantitative estimate of drug-likeness (QED) is 0.343. The first-order valence-corrected chi connectivity index (χ1v) is 13.5. The second kappa shape index (κ2) is 10.3. The number of hydrogen-bond acceptors (Lipinski definition) is 6. The van der Waals surface area contributed by atoms with Gasteiger partial charge in [0, 0.05) is 36.7 Å². The normalized spacial score (nSPS) is 14.8. The van der Waals surface area contributed by atoms with E-state index in [0.29, 0.717) is 30.0 Å². The van der Waals surface area contributed by atoms with E-state index in [1.807, 2.05) is 33.5 Å². The van der Waals surface area contributed by atoms with Crippen LogP contribution in [0.15, 0.2) is 60.9 Å². The predicted molar refractivity (Wildman–Crippen MR) is 154 cm³/mol. The summed E-state index contributed by atoms with van der Waals surface area (Å²) in [5, 5.41) is 10.9. The third-order valence-electron chi connectivity index (χ3n) is 7.64. The number of nitrogens with two attached hydrogens (primary N) is 1. The molecule has 1 aliphatic heterocycles. The highest BCUT2D eigenvalue weighted by atomic mass is 35.5. The van der Waals surface area contributed by atoms with E-state index in [9.17, 15) is 4.79 Å². The summed E-state index contributed by atoms with van der Waals surface area (Å²) in [6.07, 6.45) is 3.39. The highest BCUT2D eigenvalue weighted by Gasteiger charge is 2.27. The van der Waals surface area contributed by atoms with Crippen molar-refractivity contribution >= 4 is 39.7 Å². The van der Waals surface area contributed by atoms with Gasteiger partial charge in [-0.05, 0) is 55.3 Å². The van der Waals surface area contributed by atoms with Crippen LogP contribution in [0.2, 0.25) is 5.15 Å². The minimum Gasteiger partial charge on any atom is -0.382 e. The molecule has 2 N–H and O–H groups in total. The molecular formula is C29H31ClN8O. The summed E-state index contributed by atoms with van der Waals surface area (Å²) in [6.45, 7) is 2.77. The number of rotatable bonds is 6. The third kappa shape index (κ3) is 4.84. The second-order valence-corrected chi connectivity index (χ2v) is 10.8. The molecule has 6 rings (SSSR count). The average molecular weight is 543 g/mol. The van der Waals surface area contributed by atoms with Crippen molar-refractivity contribution in [3.05, 3.63) is 77.3 Å². The first-order valence-electron chi connectivity index (χ1n) is 13.1. The van der Waals surface area contributed by atoms with E-state index in [0.717, 1.165) is 64.7 Å². The van der Waals surface area contributed by atoms with Crippen molar-refractivity contribution in [3.8, 4) is 11.1 Å². The SMILES string of the molecule is CN(C)C(=O)CN1CCC(c2cc(-c3ccc4c(Cl)n(Cc5ccccc5)nc4c3)c3c(N)ncnn23)CC1. The number of nitrogens with zero attached hydrogens (tertiary/aromatic N) is 7. The van der Waals surface area contributed by atoms with Crippen molar-refractivity contribution in [3.63, 3.8) is 0 Å². The Morgan fingerprint density at radius 2 is 1.87 bits per heavy atom. The lowest BCUT2D eigenvalue weighted by molar-refractivity contribution is -0.130. The first-order chi connectivity index (χ1) is 18.9. The van der Waals surface area contributed by atoms with E-state index in [1.165, 1.54) is 6.33 Å². The van der Waals surface area contributed by atoms with Crippen molar-refractivity contribution in [2.24, 2.45) is 0 Å². The molecule has 9 nitrogen and oxygen atoms in total. The fourth-order valence-corrected chi connectivity index (χ4v) is 5.71. The van der Waals surface area contributed by atoms with Crippen LogP contribution in [0.5, 0.6) is 0 Å². The zero-order valence-corrected chi connectivity index (χ0v) is 22.8. The number of likely N-dealkylation sites (tertiary alicyclic amines) is 1. The fourth-order valence-electron chi connectivity index (χ4n) is 5.45. The average Bonchev–Trinajstić information content (AvgIpc) is 3.48. The number of carbonyl (C=O) groups is 1. The van der Waals surface area contributed by atoms with Crippen molar-refractivity contribution < 1.29 is 4.79 Å². The summed E-state index contributed by atoms with van der Waals surface area (Å²) in [5.41, 5.74) is 12.2. The molecule has 200 valence electrons. The number of amides is 1. The Labute approximate surface area is 231 Å². The Kier molecular flexibility index (Phi) is 6.70. The van der Waals surface area contributed by atoms with Crippen molar-refractivity contribution in [2.75, 3.05) is 39.5 Å².